The summed E-state index contributed by atoms with van der Waals surface area (Å²) in [6, 6.07) is 12.6. The van der Waals surface area contributed by atoms with Gasteiger partial charge in [-0.2, -0.15) is 0 Å². The number of carbonyl (C=O) groups is 1. The van der Waals surface area contributed by atoms with Crippen molar-refractivity contribution in [3.63, 3.8) is 0 Å². The Morgan fingerprint density at radius 2 is 2.00 bits per heavy atom. The highest BCUT2D eigenvalue weighted by atomic mass is 35.5. The SMILES string of the molecule is COC(=O)c1cc(OCCN)cc(-c2cccc(Cl)c2)c1. The number of nitrogens with two attached hydrogens (primary N) is 1. The maximum atomic E-state index is 11.8. The molecule has 2 N–H and O–H groups in total. The smallest absolute Gasteiger partial charge is 0.338 e. The lowest BCUT2D eigenvalue weighted by molar-refractivity contribution is 0.0600. The van der Waals surface area contributed by atoms with Crippen LogP contribution < -0.4 is 10.5 Å². The molecular weight excluding hydrogens is 290 g/mol. The van der Waals surface area contributed by atoms with E-state index in [0.29, 0.717) is 29.5 Å². The molecule has 0 spiro atoms. The van der Waals surface area contributed by atoms with Crippen LogP contribution in [0.2, 0.25) is 5.02 Å². The zero-order chi connectivity index (χ0) is 15.2. The summed E-state index contributed by atoms with van der Waals surface area (Å²) in [4.78, 5) is 11.8. The van der Waals surface area contributed by atoms with Crippen LogP contribution in [0.5, 0.6) is 5.75 Å². The molecule has 2 aromatic carbocycles. The number of methoxy groups -OCH3 is 1. The molecule has 0 heterocycles. The first-order valence-corrected chi connectivity index (χ1v) is 6.84. The molecule has 0 atom stereocenters. The lowest BCUT2D eigenvalue weighted by Crippen LogP contribution is -2.11. The van der Waals surface area contributed by atoms with Crippen LogP contribution in [0.1, 0.15) is 10.4 Å². The molecule has 0 fully saturated rings. The maximum absolute atomic E-state index is 11.8. The van der Waals surface area contributed by atoms with Crippen LogP contribution in [0, 0.1) is 0 Å². The van der Waals surface area contributed by atoms with Crippen molar-refractivity contribution in [3.8, 4) is 16.9 Å². The summed E-state index contributed by atoms with van der Waals surface area (Å²) in [5.41, 5.74) is 7.57. The Bertz CT molecular complexity index is 643. The highest BCUT2D eigenvalue weighted by Crippen LogP contribution is 2.28. The third kappa shape index (κ3) is 3.97. The summed E-state index contributed by atoms with van der Waals surface area (Å²) in [5.74, 6) is 0.148. The van der Waals surface area contributed by atoms with E-state index in [-0.39, 0.29) is 0 Å². The molecule has 0 saturated carbocycles. The number of benzene rings is 2. The van der Waals surface area contributed by atoms with Gasteiger partial charge in [-0.15, -0.1) is 0 Å². The minimum absolute atomic E-state index is 0.375. The molecule has 0 unspecified atom stereocenters. The topological polar surface area (TPSA) is 61.5 Å². The van der Waals surface area contributed by atoms with Crippen LogP contribution >= 0.6 is 11.6 Å². The van der Waals surface area contributed by atoms with Gasteiger partial charge in [-0.3, -0.25) is 0 Å². The summed E-state index contributed by atoms with van der Waals surface area (Å²) in [6.45, 7) is 0.772. The number of carbonyl (C=O) groups excluding carboxylic acids is 1. The standard InChI is InChI=1S/C16H16ClNO3/c1-20-16(19)13-7-12(9-15(10-13)21-6-5-18)11-3-2-4-14(17)8-11/h2-4,7-10H,5-6,18H2,1H3. The average Bonchev–Trinajstić information content (AvgIpc) is 2.51. The Balaban J connectivity index is 2.46. The van der Waals surface area contributed by atoms with Crippen LogP contribution in [0.15, 0.2) is 42.5 Å². The van der Waals surface area contributed by atoms with Gasteiger partial charge >= 0.3 is 5.97 Å². The first-order valence-electron chi connectivity index (χ1n) is 6.46. The Hall–Kier alpha value is -2.04. The molecular formula is C16H16ClNO3. The summed E-state index contributed by atoms with van der Waals surface area (Å²) >= 11 is 6.01. The molecule has 0 aliphatic rings. The van der Waals surface area contributed by atoms with E-state index >= 15 is 0 Å². The van der Waals surface area contributed by atoms with E-state index in [4.69, 9.17) is 26.8 Å². The second-order valence-corrected chi connectivity index (χ2v) is 4.82. The van der Waals surface area contributed by atoms with Gasteiger partial charge in [0.15, 0.2) is 0 Å². The number of ether oxygens (including phenoxy) is 2. The fraction of sp³-hybridized carbons (Fsp3) is 0.188. The van der Waals surface area contributed by atoms with Crippen molar-refractivity contribution in [3.05, 3.63) is 53.1 Å². The fourth-order valence-corrected chi connectivity index (χ4v) is 2.12. The lowest BCUT2D eigenvalue weighted by Gasteiger charge is -2.10. The number of hydrogen-bond acceptors (Lipinski definition) is 4. The normalized spacial score (nSPS) is 10.2. The highest BCUT2D eigenvalue weighted by molar-refractivity contribution is 6.30. The quantitative estimate of drug-likeness (QED) is 0.862. The largest absolute Gasteiger partial charge is 0.492 e. The first-order chi connectivity index (χ1) is 10.1. The first kappa shape index (κ1) is 15.4. The molecule has 0 saturated heterocycles. The summed E-state index contributed by atoms with van der Waals surface area (Å²) in [5, 5.41) is 0.625. The van der Waals surface area contributed by atoms with E-state index in [2.05, 4.69) is 0 Å². The molecule has 5 heteroatoms. The van der Waals surface area contributed by atoms with Gasteiger partial charge in [-0.25, -0.2) is 4.79 Å². The van der Waals surface area contributed by atoms with E-state index < -0.39 is 5.97 Å². The zero-order valence-corrected chi connectivity index (χ0v) is 12.4. The third-order valence-corrected chi connectivity index (χ3v) is 3.11. The summed E-state index contributed by atoms with van der Waals surface area (Å²) in [7, 11) is 1.34. The van der Waals surface area contributed by atoms with Crippen molar-refractivity contribution < 1.29 is 14.3 Å². The third-order valence-electron chi connectivity index (χ3n) is 2.87. The van der Waals surface area contributed by atoms with Gasteiger partial charge in [-0.05, 0) is 41.5 Å². The van der Waals surface area contributed by atoms with Crippen molar-refractivity contribution in [2.75, 3.05) is 20.3 Å². The zero-order valence-electron chi connectivity index (χ0n) is 11.6. The van der Waals surface area contributed by atoms with E-state index in [1.807, 2.05) is 24.3 Å². The van der Waals surface area contributed by atoms with Gasteiger partial charge in [-0.1, -0.05) is 23.7 Å². The molecule has 0 aromatic heterocycles. The van der Waals surface area contributed by atoms with Crippen molar-refractivity contribution in [1.29, 1.82) is 0 Å². The minimum atomic E-state index is -0.420. The van der Waals surface area contributed by atoms with E-state index in [9.17, 15) is 4.79 Å². The van der Waals surface area contributed by atoms with Crippen molar-refractivity contribution in [2.24, 2.45) is 5.73 Å². The van der Waals surface area contributed by atoms with E-state index in [1.54, 1.807) is 18.2 Å². The second kappa shape index (κ2) is 7.11. The van der Waals surface area contributed by atoms with Crippen LogP contribution in [-0.2, 0) is 4.74 Å². The molecule has 0 bridgehead atoms. The Morgan fingerprint density at radius 3 is 2.67 bits per heavy atom. The Labute approximate surface area is 128 Å². The van der Waals surface area contributed by atoms with Crippen molar-refractivity contribution >= 4 is 17.6 Å². The van der Waals surface area contributed by atoms with Crippen LogP contribution in [-0.4, -0.2) is 26.2 Å². The number of rotatable bonds is 5. The van der Waals surface area contributed by atoms with Crippen molar-refractivity contribution in [1.82, 2.24) is 0 Å². The summed E-state index contributed by atoms with van der Waals surface area (Å²) in [6.07, 6.45) is 0. The van der Waals surface area contributed by atoms with Crippen molar-refractivity contribution in [2.45, 2.75) is 0 Å². The van der Waals surface area contributed by atoms with Crippen LogP contribution in [0.4, 0.5) is 0 Å². The van der Waals surface area contributed by atoms with Gasteiger partial charge < -0.3 is 15.2 Å². The van der Waals surface area contributed by atoms with Gasteiger partial charge in [0.2, 0.25) is 0 Å². The molecule has 0 radical (unpaired) electrons. The minimum Gasteiger partial charge on any atom is -0.492 e. The molecule has 0 aliphatic carbocycles. The number of hydrogen-bond donors (Lipinski definition) is 1. The van der Waals surface area contributed by atoms with Gasteiger partial charge in [0, 0.05) is 11.6 Å². The Morgan fingerprint density at radius 1 is 1.19 bits per heavy atom. The lowest BCUT2D eigenvalue weighted by atomic mass is 10.0. The molecule has 21 heavy (non-hydrogen) atoms. The Kier molecular flexibility index (Phi) is 5.20. The summed E-state index contributed by atoms with van der Waals surface area (Å²) < 4.78 is 10.3. The van der Waals surface area contributed by atoms with Gasteiger partial charge in [0.1, 0.15) is 12.4 Å². The molecule has 2 rings (SSSR count). The highest BCUT2D eigenvalue weighted by Gasteiger charge is 2.11. The predicted molar refractivity (Wildman–Crippen MR) is 82.8 cm³/mol. The number of halogens is 1. The average molecular weight is 306 g/mol. The monoisotopic (exact) mass is 305 g/mol. The predicted octanol–water partition coefficient (Wildman–Crippen LogP) is 3.13. The van der Waals surface area contributed by atoms with Crippen LogP contribution in [0.25, 0.3) is 11.1 Å². The molecule has 2 aromatic rings. The van der Waals surface area contributed by atoms with Gasteiger partial charge in [0.05, 0.1) is 12.7 Å². The second-order valence-electron chi connectivity index (χ2n) is 4.39. The van der Waals surface area contributed by atoms with Gasteiger partial charge in [0.25, 0.3) is 0 Å². The van der Waals surface area contributed by atoms with Crippen LogP contribution in [0.3, 0.4) is 0 Å². The molecule has 4 nitrogen and oxygen atoms in total. The molecule has 110 valence electrons. The van der Waals surface area contributed by atoms with E-state index in [0.717, 1.165) is 11.1 Å². The molecule has 0 amide bonds. The fourth-order valence-electron chi connectivity index (χ4n) is 1.93. The number of esters is 1. The molecule has 0 aliphatic heterocycles. The maximum Gasteiger partial charge on any atom is 0.338 e. The van der Waals surface area contributed by atoms with E-state index in [1.165, 1.54) is 7.11 Å².